The van der Waals surface area contributed by atoms with E-state index in [1.54, 1.807) is 17.9 Å². The van der Waals surface area contributed by atoms with E-state index < -0.39 is 18.4 Å². The Kier molecular flexibility index (Phi) is 6.58. The van der Waals surface area contributed by atoms with Crippen molar-refractivity contribution >= 4 is 22.9 Å². The number of imidazole rings is 1. The Morgan fingerprint density at radius 1 is 1.41 bits per heavy atom. The molecule has 4 heterocycles. The van der Waals surface area contributed by atoms with Crippen molar-refractivity contribution < 1.29 is 19.4 Å². The number of likely N-dealkylation sites (N-methyl/N-ethyl adjacent to an activating group) is 1. The Balaban J connectivity index is 1.73. The van der Waals surface area contributed by atoms with E-state index in [0.717, 1.165) is 12.1 Å². The average molecular weight is 445 g/mol. The lowest BCUT2D eigenvalue weighted by Gasteiger charge is -2.17. The maximum Gasteiger partial charge on any atom is 0.256 e. The smallest absolute Gasteiger partial charge is 0.256 e. The molecule has 1 amide bonds. The molecule has 1 saturated heterocycles. The van der Waals surface area contributed by atoms with Gasteiger partial charge in [-0.2, -0.15) is 14.6 Å². The minimum Gasteiger partial charge on any atom is -0.388 e. The van der Waals surface area contributed by atoms with E-state index in [4.69, 9.17) is 9.47 Å². The van der Waals surface area contributed by atoms with E-state index in [1.165, 1.54) is 18.1 Å². The molecule has 0 aliphatic carbocycles. The van der Waals surface area contributed by atoms with E-state index in [2.05, 4.69) is 35.9 Å². The number of nitrogens with zero attached hydrogens (tertiary/aromatic N) is 7. The first-order valence-electron chi connectivity index (χ1n) is 10.5. The molecule has 3 atom stereocenters. The zero-order valence-corrected chi connectivity index (χ0v) is 18.2. The third-order valence-corrected chi connectivity index (χ3v) is 5.16. The number of rotatable bonds is 9. The molecule has 3 aromatic rings. The van der Waals surface area contributed by atoms with Crippen molar-refractivity contribution in [1.82, 2.24) is 39.8 Å². The average Bonchev–Trinajstić information content (AvgIpc) is 3.53. The normalized spacial score (nSPS) is 20.7. The summed E-state index contributed by atoms with van der Waals surface area (Å²) in [6.45, 7) is 3.26. The van der Waals surface area contributed by atoms with Gasteiger partial charge in [-0.05, 0) is 6.42 Å². The SMILES string of the molecule is CCCNc1nc(-n2cc(CCOC)nn2)nc2c1ncn2[C@@H]1O[C@H](C(=O)NC)C[C@H]1O. The molecule has 0 unspecified atom stereocenters. The van der Waals surface area contributed by atoms with Crippen LogP contribution in [0.4, 0.5) is 5.82 Å². The lowest BCUT2D eigenvalue weighted by Crippen LogP contribution is -2.31. The topological polar surface area (TPSA) is 154 Å². The standard InChI is InChI=1S/C19H27N9O4/c1-4-6-21-15-14-16(24-19(23-15)28-9-11(25-26-28)5-7-31-3)27(10-22-14)18-12(29)8-13(32-18)17(30)20-2/h9-10,12-13,18,29H,4-8H2,1-3H3,(H,20,30)(H,21,23,24)/t12-,13+,18-/m1/s1. The first-order valence-corrected chi connectivity index (χ1v) is 10.5. The molecular weight excluding hydrogens is 418 g/mol. The minimum atomic E-state index is -0.896. The monoisotopic (exact) mass is 445 g/mol. The highest BCUT2D eigenvalue weighted by molar-refractivity contribution is 5.84. The van der Waals surface area contributed by atoms with Crippen LogP contribution in [-0.4, -0.2) is 85.0 Å². The van der Waals surface area contributed by atoms with Crippen LogP contribution in [0.2, 0.25) is 0 Å². The van der Waals surface area contributed by atoms with Gasteiger partial charge in [0.1, 0.15) is 12.2 Å². The second-order valence-corrected chi connectivity index (χ2v) is 7.45. The van der Waals surface area contributed by atoms with Gasteiger partial charge >= 0.3 is 0 Å². The summed E-state index contributed by atoms with van der Waals surface area (Å²) >= 11 is 0. The maximum atomic E-state index is 12.0. The number of ether oxygens (including phenoxy) is 2. The predicted octanol–water partition coefficient (Wildman–Crippen LogP) is -0.188. The third kappa shape index (κ3) is 4.26. The summed E-state index contributed by atoms with van der Waals surface area (Å²) in [5.74, 6) is 0.544. The zero-order valence-electron chi connectivity index (χ0n) is 18.2. The second-order valence-electron chi connectivity index (χ2n) is 7.45. The van der Waals surface area contributed by atoms with Crippen molar-refractivity contribution in [2.75, 3.05) is 32.6 Å². The van der Waals surface area contributed by atoms with Gasteiger partial charge in [0.15, 0.2) is 23.2 Å². The number of aliphatic hydroxyl groups excluding tert-OH is 1. The summed E-state index contributed by atoms with van der Waals surface area (Å²) in [5, 5.41) is 24.7. The lowest BCUT2D eigenvalue weighted by atomic mass is 10.2. The molecular formula is C19H27N9O4. The molecule has 13 nitrogen and oxygen atoms in total. The van der Waals surface area contributed by atoms with Crippen LogP contribution in [0.1, 0.15) is 31.7 Å². The Morgan fingerprint density at radius 2 is 2.25 bits per heavy atom. The number of hydrogen-bond acceptors (Lipinski definition) is 10. The van der Waals surface area contributed by atoms with Gasteiger partial charge in [0.25, 0.3) is 5.95 Å². The number of aliphatic hydroxyl groups is 1. The molecule has 172 valence electrons. The van der Waals surface area contributed by atoms with Crippen molar-refractivity contribution in [1.29, 1.82) is 0 Å². The van der Waals surface area contributed by atoms with Gasteiger partial charge in [-0.15, -0.1) is 5.10 Å². The van der Waals surface area contributed by atoms with Crippen LogP contribution < -0.4 is 10.6 Å². The van der Waals surface area contributed by atoms with Crippen LogP contribution in [0, 0.1) is 0 Å². The van der Waals surface area contributed by atoms with Gasteiger partial charge in [0.2, 0.25) is 5.91 Å². The molecule has 3 aromatic heterocycles. The van der Waals surface area contributed by atoms with Gasteiger partial charge in [-0.3, -0.25) is 9.36 Å². The van der Waals surface area contributed by atoms with Crippen LogP contribution in [0.15, 0.2) is 12.5 Å². The fourth-order valence-corrected chi connectivity index (χ4v) is 3.51. The summed E-state index contributed by atoms with van der Waals surface area (Å²) in [4.78, 5) is 25.6. The van der Waals surface area contributed by atoms with E-state index in [9.17, 15) is 9.90 Å². The number of carbonyl (C=O) groups is 1. The highest BCUT2D eigenvalue weighted by atomic mass is 16.5. The minimum absolute atomic E-state index is 0.175. The van der Waals surface area contributed by atoms with Crippen molar-refractivity contribution in [2.24, 2.45) is 0 Å². The summed E-state index contributed by atoms with van der Waals surface area (Å²) in [6.07, 6.45) is 2.50. The predicted molar refractivity (Wildman–Crippen MR) is 113 cm³/mol. The second kappa shape index (κ2) is 9.54. The van der Waals surface area contributed by atoms with Gasteiger partial charge in [0.05, 0.1) is 24.8 Å². The van der Waals surface area contributed by atoms with Crippen LogP contribution in [-0.2, 0) is 20.7 Å². The molecule has 1 aliphatic heterocycles. The summed E-state index contributed by atoms with van der Waals surface area (Å²) in [6, 6.07) is 0. The number of amides is 1. The van der Waals surface area contributed by atoms with E-state index in [0.29, 0.717) is 42.5 Å². The molecule has 0 spiro atoms. The molecule has 3 N–H and O–H groups in total. The van der Waals surface area contributed by atoms with Crippen LogP contribution >= 0.6 is 0 Å². The number of hydrogen-bond donors (Lipinski definition) is 3. The molecule has 0 aromatic carbocycles. The van der Waals surface area contributed by atoms with Gasteiger partial charge < -0.3 is 25.2 Å². The van der Waals surface area contributed by atoms with Crippen LogP contribution in [0.25, 0.3) is 17.1 Å². The lowest BCUT2D eigenvalue weighted by molar-refractivity contribution is -0.134. The molecule has 13 heteroatoms. The van der Waals surface area contributed by atoms with Crippen molar-refractivity contribution in [3.63, 3.8) is 0 Å². The first kappa shape index (κ1) is 22.0. The number of anilines is 1. The zero-order chi connectivity index (χ0) is 22.7. The van der Waals surface area contributed by atoms with Crippen LogP contribution in [0.3, 0.4) is 0 Å². The van der Waals surface area contributed by atoms with Crippen molar-refractivity contribution in [3.8, 4) is 5.95 Å². The molecule has 4 rings (SSSR count). The quantitative estimate of drug-likeness (QED) is 0.404. The Hall–Kier alpha value is -3.16. The van der Waals surface area contributed by atoms with E-state index in [1.807, 2.05) is 6.92 Å². The molecule has 0 bridgehead atoms. The number of fused-ring (bicyclic) bond motifs is 1. The Bertz CT molecular complexity index is 1080. The van der Waals surface area contributed by atoms with Crippen LogP contribution in [0.5, 0.6) is 0 Å². The van der Waals surface area contributed by atoms with E-state index in [-0.39, 0.29) is 12.3 Å². The molecule has 32 heavy (non-hydrogen) atoms. The summed E-state index contributed by atoms with van der Waals surface area (Å²) < 4.78 is 14.0. The maximum absolute atomic E-state index is 12.0. The molecule has 1 fully saturated rings. The van der Waals surface area contributed by atoms with Gasteiger partial charge in [-0.25, -0.2) is 4.98 Å². The molecule has 1 aliphatic rings. The number of carbonyl (C=O) groups excluding carboxylic acids is 1. The fourth-order valence-electron chi connectivity index (χ4n) is 3.51. The third-order valence-electron chi connectivity index (χ3n) is 5.16. The fraction of sp³-hybridized carbons (Fsp3) is 0.579. The molecule has 0 saturated carbocycles. The van der Waals surface area contributed by atoms with Crippen molar-refractivity contribution in [3.05, 3.63) is 18.2 Å². The highest BCUT2D eigenvalue weighted by Crippen LogP contribution is 2.32. The Labute approximate surface area is 184 Å². The number of nitrogens with one attached hydrogen (secondary N) is 2. The van der Waals surface area contributed by atoms with Gasteiger partial charge in [0, 0.05) is 33.5 Å². The highest BCUT2D eigenvalue weighted by Gasteiger charge is 2.39. The summed E-state index contributed by atoms with van der Waals surface area (Å²) in [5.41, 5.74) is 1.72. The molecule has 0 radical (unpaired) electrons. The Morgan fingerprint density at radius 3 is 3.00 bits per heavy atom. The number of aromatic nitrogens is 7. The number of methoxy groups -OCH3 is 1. The largest absolute Gasteiger partial charge is 0.388 e. The van der Waals surface area contributed by atoms with Gasteiger partial charge in [-0.1, -0.05) is 12.1 Å². The summed E-state index contributed by atoms with van der Waals surface area (Å²) in [7, 11) is 3.16. The first-order chi connectivity index (χ1) is 15.5. The van der Waals surface area contributed by atoms with Crippen molar-refractivity contribution in [2.45, 2.75) is 44.6 Å². The van der Waals surface area contributed by atoms with E-state index >= 15 is 0 Å².